The Morgan fingerprint density at radius 1 is 1.19 bits per heavy atom. The monoisotopic (exact) mass is 382 g/mol. The second-order valence-corrected chi connectivity index (χ2v) is 7.65. The third-order valence-electron chi connectivity index (χ3n) is 4.11. The molecular weight excluding hydrogens is 356 g/mol. The van der Waals surface area contributed by atoms with Gasteiger partial charge in [0, 0.05) is 36.6 Å². The standard InChI is InChI=1S/C20H26N6S/c1-4-21-20(25-13-19-23-11-15(2)27-19)24-12-17-6-5-7-18(10-17)14-26-9-8-22-16(26)3/h5-11H,4,12-14H2,1-3H3,(H2,21,24,25). The molecule has 2 N–H and O–H groups in total. The number of nitrogens with zero attached hydrogens (tertiary/aromatic N) is 4. The van der Waals surface area contributed by atoms with E-state index >= 15 is 0 Å². The van der Waals surface area contributed by atoms with Crippen LogP contribution in [0.25, 0.3) is 0 Å². The Bertz CT molecular complexity index is 895. The van der Waals surface area contributed by atoms with Gasteiger partial charge < -0.3 is 15.2 Å². The quantitative estimate of drug-likeness (QED) is 0.486. The average Bonchev–Trinajstić information content (AvgIpc) is 3.26. The molecule has 0 spiro atoms. The van der Waals surface area contributed by atoms with E-state index in [1.54, 1.807) is 11.3 Å². The number of nitrogens with one attached hydrogen (secondary N) is 2. The number of hydrogen-bond donors (Lipinski definition) is 2. The van der Waals surface area contributed by atoms with E-state index in [-0.39, 0.29) is 0 Å². The summed E-state index contributed by atoms with van der Waals surface area (Å²) in [7, 11) is 0. The van der Waals surface area contributed by atoms with Crippen molar-refractivity contribution in [2.24, 2.45) is 4.99 Å². The summed E-state index contributed by atoms with van der Waals surface area (Å²) in [5, 5.41) is 7.71. The van der Waals surface area contributed by atoms with Crippen molar-refractivity contribution in [1.82, 2.24) is 25.2 Å². The summed E-state index contributed by atoms with van der Waals surface area (Å²) in [6.07, 6.45) is 5.74. The molecule has 3 aromatic rings. The van der Waals surface area contributed by atoms with Gasteiger partial charge in [-0.15, -0.1) is 11.3 Å². The number of benzene rings is 1. The van der Waals surface area contributed by atoms with Crippen molar-refractivity contribution in [3.05, 3.63) is 69.7 Å². The number of imidazole rings is 1. The first-order valence-electron chi connectivity index (χ1n) is 9.13. The minimum absolute atomic E-state index is 0.628. The summed E-state index contributed by atoms with van der Waals surface area (Å²) >= 11 is 1.70. The van der Waals surface area contributed by atoms with Crippen LogP contribution < -0.4 is 10.6 Å². The highest BCUT2D eigenvalue weighted by Gasteiger charge is 2.03. The largest absolute Gasteiger partial charge is 0.357 e. The van der Waals surface area contributed by atoms with E-state index in [0.717, 1.165) is 29.9 Å². The summed E-state index contributed by atoms with van der Waals surface area (Å²) in [5.41, 5.74) is 2.44. The molecule has 27 heavy (non-hydrogen) atoms. The van der Waals surface area contributed by atoms with Gasteiger partial charge in [0.25, 0.3) is 0 Å². The highest BCUT2D eigenvalue weighted by Crippen LogP contribution is 2.11. The van der Waals surface area contributed by atoms with Gasteiger partial charge in [0.1, 0.15) is 10.8 Å². The van der Waals surface area contributed by atoms with Gasteiger partial charge in [-0.05, 0) is 31.9 Å². The van der Waals surface area contributed by atoms with Gasteiger partial charge in [0.15, 0.2) is 5.96 Å². The molecule has 0 saturated carbocycles. The lowest BCUT2D eigenvalue weighted by atomic mass is 10.1. The van der Waals surface area contributed by atoms with Gasteiger partial charge in [-0.1, -0.05) is 24.3 Å². The molecule has 0 atom stereocenters. The Balaban J connectivity index is 1.62. The number of guanidine groups is 1. The maximum Gasteiger partial charge on any atom is 0.191 e. The number of rotatable bonds is 7. The third-order valence-corrected chi connectivity index (χ3v) is 5.02. The van der Waals surface area contributed by atoms with Crippen LogP contribution in [-0.4, -0.2) is 27.0 Å². The van der Waals surface area contributed by atoms with Crippen molar-refractivity contribution in [2.45, 2.75) is 40.4 Å². The van der Waals surface area contributed by atoms with E-state index in [0.29, 0.717) is 13.1 Å². The lowest BCUT2D eigenvalue weighted by Gasteiger charge is -2.11. The predicted molar refractivity (Wildman–Crippen MR) is 111 cm³/mol. The molecule has 0 saturated heterocycles. The predicted octanol–water partition coefficient (Wildman–Crippen LogP) is 3.26. The number of aliphatic imine (C=N–C) groups is 1. The van der Waals surface area contributed by atoms with Crippen LogP contribution in [0.3, 0.4) is 0 Å². The minimum Gasteiger partial charge on any atom is -0.357 e. The van der Waals surface area contributed by atoms with Crippen LogP contribution in [0.1, 0.15) is 33.8 Å². The Morgan fingerprint density at radius 2 is 2.04 bits per heavy atom. The topological polar surface area (TPSA) is 67.1 Å². The van der Waals surface area contributed by atoms with Crippen LogP contribution in [0, 0.1) is 13.8 Å². The minimum atomic E-state index is 0.628. The number of hydrogen-bond acceptors (Lipinski definition) is 4. The fraction of sp³-hybridized carbons (Fsp3) is 0.350. The van der Waals surface area contributed by atoms with Crippen LogP contribution >= 0.6 is 11.3 Å². The number of aromatic nitrogens is 3. The molecule has 0 radical (unpaired) electrons. The SMILES string of the molecule is CCNC(=NCc1cccc(Cn2ccnc2C)c1)NCc1ncc(C)s1. The van der Waals surface area contributed by atoms with Gasteiger partial charge in [-0.2, -0.15) is 0 Å². The lowest BCUT2D eigenvalue weighted by molar-refractivity contribution is 0.760. The fourth-order valence-corrected chi connectivity index (χ4v) is 3.48. The fourth-order valence-electron chi connectivity index (χ4n) is 2.75. The van der Waals surface area contributed by atoms with Gasteiger partial charge >= 0.3 is 0 Å². The molecule has 0 bridgehead atoms. The Kier molecular flexibility index (Phi) is 6.59. The van der Waals surface area contributed by atoms with E-state index in [1.807, 2.05) is 25.5 Å². The molecule has 2 aromatic heterocycles. The van der Waals surface area contributed by atoms with Gasteiger partial charge in [-0.3, -0.25) is 0 Å². The van der Waals surface area contributed by atoms with E-state index in [2.05, 4.69) is 63.3 Å². The molecule has 0 fully saturated rings. The van der Waals surface area contributed by atoms with Crippen LogP contribution in [0.15, 0.2) is 47.8 Å². The van der Waals surface area contributed by atoms with Crippen molar-refractivity contribution >= 4 is 17.3 Å². The van der Waals surface area contributed by atoms with Crippen LogP contribution in [0.2, 0.25) is 0 Å². The third kappa shape index (κ3) is 5.65. The highest BCUT2D eigenvalue weighted by atomic mass is 32.1. The van der Waals surface area contributed by atoms with E-state index in [4.69, 9.17) is 4.99 Å². The average molecular weight is 383 g/mol. The second-order valence-electron chi connectivity index (χ2n) is 6.34. The summed E-state index contributed by atoms with van der Waals surface area (Å²) in [6, 6.07) is 8.55. The summed E-state index contributed by atoms with van der Waals surface area (Å²) in [5.74, 6) is 1.83. The summed E-state index contributed by atoms with van der Waals surface area (Å²) in [4.78, 5) is 14.6. The Morgan fingerprint density at radius 3 is 2.74 bits per heavy atom. The molecule has 0 aliphatic heterocycles. The van der Waals surface area contributed by atoms with E-state index in [1.165, 1.54) is 16.0 Å². The number of thiazole rings is 1. The van der Waals surface area contributed by atoms with Crippen LogP contribution in [0.4, 0.5) is 0 Å². The first kappa shape index (κ1) is 19.1. The van der Waals surface area contributed by atoms with Gasteiger partial charge in [-0.25, -0.2) is 15.0 Å². The van der Waals surface area contributed by atoms with Gasteiger partial charge in [0.05, 0.1) is 13.1 Å². The molecule has 142 valence electrons. The van der Waals surface area contributed by atoms with Crippen molar-refractivity contribution in [1.29, 1.82) is 0 Å². The summed E-state index contributed by atoms with van der Waals surface area (Å²) < 4.78 is 2.14. The first-order chi connectivity index (χ1) is 13.1. The molecule has 0 amide bonds. The maximum absolute atomic E-state index is 4.71. The molecule has 2 heterocycles. The molecule has 6 nitrogen and oxygen atoms in total. The molecule has 0 aliphatic rings. The number of aryl methyl sites for hydroxylation is 2. The molecule has 1 aromatic carbocycles. The van der Waals surface area contributed by atoms with E-state index in [9.17, 15) is 0 Å². The zero-order valence-corrected chi connectivity index (χ0v) is 16.9. The zero-order valence-electron chi connectivity index (χ0n) is 16.1. The van der Waals surface area contributed by atoms with Gasteiger partial charge in [0.2, 0.25) is 0 Å². The van der Waals surface area contributed by atoms with E-state index < -0.39 is 0 Å². The van der Waals surface area contributed by atoms with Crippen molar-refractivity contribution in [2.75, 3.05) is 6.54 Å². The molecule has 0 unspecified atom stereocenters. The Hall–Kier alpha value is -2.67. The molecule has 7 heteroatoms. The normalized spacial score (nSPS) is 11.6. The van der Waals surface area contributed by atoms with Crippen molar-refractivity contribution < 1.29 is 0 Å². The highest BCUT2D eigenvalue weighted by molar-refractivity contribution is 7.11. The van der Waals surface area contributed by atoms with Crippen molar-refractivity contribution in [3.8, 4) is 0 Å². The van der Waals surface area contributed by atoms with Crippen molar-refractivity contribution in [3.63, 3.8) is 0 Å². The second kappa shape index (κ2) is 9.32. The first-order valence-corrected chi connectivity index (χ1v) is 9.94. The smallest absolute Gasteiger partial charge is 0.191 e. The molecule has 0 aliphatic carbocycles. The van der Waals surface area contributed by atoms with Crippen LogP contribution in [0.5, 0.6) is 0 Å². The zero-order chi connectivity index (χ0) is 19.1. The summed E-state index contributed by atoms with van der Waals surface area (Å²) in [6.45, 7) is 9.12. The molecular formula is C20H26N6S. The Labute approximate surface area is 164 Å². The molecule has 3 rings (SSSR count). The maximum atomic E-state index is 4.71. The lowest BCUT2D eigenvalue weighted by Crippen LogP contribution is -2.36. The van der Waals surface area contributed by atoms with Crippen LogP contribution in [-0.2, 0) is 19.6 Å².